The Morgan fingerprint density at radius 3 is 1.91 bits per heavy atom. The Bertz CT molecular complexity index is 1820. The Labute approximate surface area is 258 Å². The summed E-state index contributed by atoms with van der Waals surface area (Å²) in [6.07, 6.45) is 4.48. The molecule has 0 fully saturated rings. The molecule has 0 saturated carbocycles. The number of Topliss-reactive ketones (excluding diaryl/α,β-unsaturated/α-hetero) is 2. The van der Waals surface area contributed by atoms with Crippen LogP contribution in [0.15, 0.2) is 108 Å². The zero-order chi connectivity index (χ0) is 30.8. The van der Waals surface area contributed by atoms with E-state index >= 15 is 0 Å². The van der Waals surface area contributed by atoms with Crippen LogP contribution in [-0.4, -0.2) is 21.0 Å². The number of nitrogens with zero attached hydrogens (tertiary/aromatic N) is 2. The van der Waals surface area contributed by atoms with E-state index in [0.717, 1.165) is 57.4 Å². The lowest BCUT2D eigenvalue weighted by Gasteiger charge is -2.49. The average Bonchev–Trinajstić information content (AvgIpc) is 3.32. The van der Waals surface area contributed by atoms with E-state index in [2.05, 4.69) is 61.6 Å². The van der Waals surface area contributed by atoms with E-state index < -0.39 is 5.92 Å². The molecule has 3 aromatic carbocycles. The molecule has 0 spiro atoms. The molecule has 0 N–H and O–H groups in total. The van der Waals surface area contributed by atoms with Crippen molar-refractivity contribution in [3.05, 3.63) is 130 Å². The van der Waals surface area contributed by atoms with Crippen LogP contribution in [0.4, 0.5) is 4.39 Å². The minimum atomic E-state index is -0.453. The fraction of sp³-hybridized carbons (Fsp3) is 0.333. The molecule has 2 heterocycles. The van der Waals surface area contributed by atoms with Gasteiger partial charge in [0.15, 0.2) is 11.6 Å². The molecule has 44 heavy (non-hydrogen) atoms. The summed E-state index contributed by atoms with van der Waals surface area (Å²) >= 11 is 0. The molecule has 0 atom stereocenters. The van der Waals surface area contributed by atoms with Crippen molar-refractivity contribution in [3.63, 3.8) is 0 Å². The minimum absolute atomic E-state index is 0.120. The van der Waals surface area contributed by atoms with Crippen LogP contribution in [0.1, 0.15) is 76.0 Å². The van der Waals surface area contributed by atoms with Crippen molar-refractivity contribution in [2.45, 2.75) is 72.4 Å². The zero-order valence-electron chi connectivity index (χ0n) is 26.0. The lowest BCUT2D eigenvalue weighted by atomic mass is 9.63. The van der Waals surface area contributed by atoms with E-state index in [1.165, 1.54) is 6.07 Å². The highest BCUT2D eigenvalue weighted by Gasteiger charge is 2.49. The maximum atomic E-state index is 14.8. The Morgan fingerprint density at radius 2 is 1.27 bits per heavy atom. The molecule has 1 aromatic heterocycles. The Balaban J connectivity index is 1.48. The van der Waals surface area contributed by atoms with Crippen LogP contribution >= 0.6 is 0 Å². The van der Waals surface area contributed by atoms with Crippen LogP contribution in [0, 0.1) is 16.6 Å². The van der Waals surface area contributed by atoms with Gasteiger partial charge in [-0.2, -0.15) is 0 Å². The molecule has 0 unspecified atom stereocenters. The number of carbonyl (C=O) groups is 2. The third-order valence-electron chi connectivity index (χ3n) is 9.63. The monoisotopic (exact) mass is 586 g/mol. The van der Waals surface area contributed by atoms with Gasteiger partial charge in [0.25, 0.3) is 0 Å². The molecule has 3 aliphatic rings. The predicted molar refractivity (Wildman–Crippen MR) is 172 cm³/mol. The van der Waals surface area contributed by atoms with Gasteiger partial charge in [0.1, 0.15) is 5.82 Å². The molecule has 5 heteroatoms. The molecule has 4 aromatic rings. The molecule has 4 nitrogen and oxygen atoms in total. The van der Waals surface area contributed by atoms with E-state index in [9.17, 15) is 14.0 Å². The molecular formula is C39H39FN2O2. The number of hydrogen-bond donors (Lipinski definition) is 0. The maximum Gasteiger partial charge on any atom is 0.162 e. The van der Waals surface area contributed by atoms with Crippen molar-refractivity contribution in [2.75, 3.05) is 0 Å². The fourth-order valence-electron chi connectivity index (χ4n) is 7.76. The zero-order valence-corrected chi connectivity index (χ0v) is 26.0. The van der Waals surface area contributed by atoms with Crippen molar-refractivity contribution < 1.29 is 14.0 Å². The summed E-state index contributed by atoms with van der Waals surface area (Å²) in [5.41, 5.74) is 6.92. The number of halogens is 1. The van der Waals surface area contributed by atoms with Gasteiger partial charge in [-0.15, -0.1) is 0 Å². The maximum absolute atomic E-state index is 14.8. The second-order valence-corrected chi connectivity index (χ2v) is 14.4. The van der Waals surface area contributed by atoms with E-state index in [1.54, 1.807) is 6.07 Å². The summed E-state index contributed by atoms with van der Waals surface area (Å²) in [6, 6.07) is 25.3. The predicted octanol–water partition coefficient (Wildman–Crippen LogP) is 8.71. The minimum Gasteiger partial charge on any atom is -0.343 e. The Kier molecular flexibility index (Phi) is 6.76. The number of para-hydroxylation sites is 1. The largest absolute Gasteiger partial charge is 0.343 e. The highest BCUT2D eigenvalue weighted by atomic mass is 19.1. The first-order valence-electron chi connectivity index (χ1n) is 15.7. The van der Waals surface area contributed by atoms with Gasteiger partial charge in [-0.25, -0.2) is 4.39 Å². The second kappa shape index (κ2) is 10.4. The number of hydrogen-bond acceptors (Lipinski definition) is 3. The Hall–Kier alpha value is -4.25. The van der Waals surface area contributed by atoms with E-state index in [1.807, 2.05) is 48.5 Å². The van der Waals surface area contributed by atoms with E-state index in [4.69, 9.17) is 0 Å². The van der Waals surface area contributed by atoms with Crippen molar-refractivity contribution in [1.29, 1.82) is 0 Å². The molecule has 2 aliphatic carbocycles. The summed E-state index contributed by atoms with van der Waals surface area (Å²) in [5.74, 6) is -0.458. The van der Waals surface area contributed by atoms with E-state index in [0.29, 0.717) is 31.5 Å². The molecule has 0 bridgehead atoms. The first kappa shape index (κ1) is 28.5. The third-order valence-corrected chi connectivity index (χ3v) is 9.63. The number of benzene rings is 3. The Morgan fingerprint density at radius 1 is 0.705 bits per heavy atom. The second-order valence-electron chi connectivity index (χ2n) is 14.4. The molecule has 0 amide bonds. The van der Waals surface area contributed by atoms with Gasteiger partial charge in [-0.05, 0) is 46.9 Å². The molecular weight excluding hydrogens is 547 g/mol. The molecule has 7 rings (SSSR count). The van der Waals surface area contributed by atoms with Gasteiger partial charge < -0.3 is 9.47 Å². The fourth-order valence-corrected chi connectivity index (χ4v) is 7.76. The van der Waals surface area contributed by atoms with Gasteiger partial charge in [0, 0.05) is 70.5 Å². The summed E-state index contributed by atoms with van der Waals surface area (Å²) in [7, 11) is 0. The standard InChI is InChI=1S/C39H39FN2O2/c1-38(2)18-31-36(33(43)20-38)35(28-24-41(30-17-11-9-15-27(28)30)23-26-14-8-10-16-29(26)40)37-32(19-39(3,4)21-34(37)44)42(31)22-25-12-6-5-7-13-25/h5-17,24,35H,18-23H2,1-4H3. The first-order chi connectivity index (χ1) is 21.0. The van der Waals surface area contributed by atoms with Gasteiger partial charge in [-0.3, -0.25) is 9.59 Å². The van der Waals surface area contributed by atoms with Crippen LogP contribution < -0.4 is 0 Å². The highest BCUT2D eigenvalue weighted by Crippen LogP contribution is 2.55. The van der Waals surface area contributed by atoms with Crippen molar-refractivity contribution in [1.82, 2.24) is 9.47 Å². The van der Waals surface area contributed by atoms with Crippen molar-refractivity contribution in [2.24, 2.45) is 10.8 Å². The molecule has 1 aliphatic heterocycles. The normalized spacial score (nSPS) is 19.9. The van der Waals surface area contributed by atoms with Gasteiger partial charge in [0.05, 0.1) is 6.54 Å². The van der Waals surface area contributed by atoms with Crippen LogP contribution in [0.2, 0.25) is 0 Å². The summed E-state index contributed by atoms with van der Waals surface area (Å²) < 4.78 is 16.9. The summed E-state index contributed by atoms with van der Waals surface area (Å²) in [5, 5.41) is 0.999. The van der Waals surface area contributed by atoms with E-state index in [-0.39, 0.29) is 28.2 Å². The lowest BCUT2D eigenvalue weighted by Crippen LogP contribution is -2.44. The molecule has 224 valence electrons. The average molecular weight is 587 g/mol. The molecule has 0 saturated heterocycles. The summed E-state index contributed by atoms with van der Waals surface area (Å²) in [4.78, 5) is 31.0. The lowest BCUT2D eigenvalue weighted by molar-refractivity contribution is -0.119. The van der Waals surface area contributed by atoms with Crippen molar-refractivity contribution >= 4 is 22.5 Å². The van der Waals surface area contributed by atoms with Crippen molar-refractivity contribution in [3.8, 4) is 0 Å². The molecule has 0 radical (unpaired) electrons. The van der Waals surface area contributed by atoms with Gasteiger partial charge in [0.2, 0.25) is 0 Å². The van der Waals surface area contributed by atoms with Gasteiger partial charge >= 0.3 is 0 Å². The number of rotatable bonds is 5. The quantitative estimate of drug-likeness (QED) is 0.235. The number of ketones is 2. The smallest absolute Gasteiger partial charge is 0.162 e. The SMILES string of the molecule is CC1(C)CC(=O)C2=C(C1)N(Cc1ccccc1)C1=C(C(=O)CC(C)(C)C1)C2c1cn(Cc2ccccc2F)c2ccccc12. The van der Waals surface area contributed by atoms with Crippen LogP contribution in [0.5, 0.6) is 0 Å². The third kappa shape index (κ3) is 4.92. The number of fused-ring (bicyclic) bond motifs is 1. The number of allylic oxidation sites excluding steroid dienone is 4. The highest BCUT2D eigenvalue weighted by molar-refractivity contribution is 6.08. The topological polar surface area (TPSA) is 42.3 Å². The first-order valence-corrected chi connectivity index (χ1v) is 15.7. The van der Waals surface area contributed by atoms with Gasteiger partial charge in [-0.1, -0.05) is 94.4 Å². The summed E-state index contributed by atoms with van der Waals surface area (Å²) in [6.45, 7) is 9.66. The van der Waals surface area contributed by atoms with Crippen LogP contribution in [-0.2, 0) is 22.7 Å². The van der Waals surface area contributed by atoms with Crippen LogP contribution in [0.25, 0.3) is 10.9 Å². The van der Waals surface area contributed by atoms with Crippen LogP contribution in [0.3, 0.4) is 0 Å². The number of aromatic nitrogens is 1. The number of carbonyl (C=O) groups excluding carboxylic acids is 2.